The van der Waals surface area contributed by atoms with E-state index in [0.717, 1.165) is 0 Å². The van der Waals surface area contributed by atoms with Crippen LogP contribution in [-0.2, 0) is 10.0 Å². The second-order valence-corrected chi connectivity index (χ2v) is 6.64. The van der Waals surface area contributed by atoms with Gasteiger partial charge in [-0.25, -0.2) is 13.1 Å². The van der Waals surface area contributed by atoms with Crippen molar-refractivity contribution in [3.63, 3.8) is 0 Å². The SMILES string of the molecule is CC[C@@H](CO)NS(=O)(=O)c1cc(N)cc(Br)c1Cl. The Labute approximate surface area is 120 Å². The summed E-state index contributed by atoms with van der Waals surface area (Å²) in [6.45, 7) is 1.48. The average Bonchev–Trinajstić information content (AvgIpc) is 2.30. The number of nitrogen functional groups attached to an aromatic ring is 1. The summed E-state index contributed by atoms with van der Waals surface area (Å²) in [6.07, 6.45) is 0.469. The molecule has 0 aliphatic heterocycles. The van der Waals surface area contributed by atoms with E-state index in [1.54, 1.807) is 6.92 Å². The maximum atomic E-state index is 12.1. The van der Waals surface area contributed by atoms with Gasteiger partial charge in [-0.05, 0) is 34.5 Å². The van der Waals surface area contributed by atoms with Crippen molar-refractivity contribution in [3.05, 3.63) is 21.6 Å². The third kappa shape index (κ3) is 3.58. The van der Waals surface area contributed by atoms with Gasteiger partial charge in [0.2, 0.25) is 10.0 Å². The van der Waals surface area contributed by atoms with E-state index in [-0.39, 0.29) is 22.2 Å². The summed E-state index contributed by atoms with van der Waals surface area (Å²) in [4.78, 5) is -0.108. The molecule has 0 saturated heterocycles. The van der Waals surface area contributed by atoms with E-state index in [9.17, 15) is 8.42 Å². The van der Waals surface area contributed by atoms with E-state index in [0.29, 0.717) is 10.9 Å². The molecule has 0 aliphatic carbocycles. The Kier molecular flexibility index (Phi) is 5.42. The van der Waals surface area contributed by atoms with Gasteiger partial charge < -0.3 is 10.8 Å². The third-order valence-electron chi connectivity index (χ3n) is 2.34. The van der Waals surface area contributed by atoms with Gasteiger partial charge in [-0.2, -0.15) is 0 Å². The number of nitrogens with two attached hydrogens (primary N) is 1. The van der Waals surface area contributed by atoms with Crippen molar-refractivity contribution in [1.82, 2.24) is 4.72 Å². The summed E-state index contributed by atoms with van der Waals surface area (Å²) in [7, 11) is -3.81. The highest BCUT2D eigenvalue weighted by atomic mass is 79.9. The van der Waals surface area contributed by atoms with E-state index in [1.165, 1.54) is 12.1 Å². The average molecular weight is 358 g/mol. The van der Waals surface area contributed by atoms with Crippen LogP contribution < -0.4 is 10.5 Å². The van der Waals surface area contributed by atoms with Gasteiger partial charge in [-0.3, -0.25) is 0 Å². The van der Waals surface area contributed by atoms with Gasteiger partial charge in [0.15, 0.2) is 0 Å². The lowest BCUT2D eigenvalue weighted by Gasteiger charge is -2.16. The van der Waals surface area contributed by atoms with Crippen LogP contribution in [0, 0.1) is 0 Å². The highest BCUT2D eigenvalue weighted by molar-refractivity contribution is 9.10. The number of aliphatic hydroxyl groups excluding tert-OH is 1. The van der Waals surface area contributed by atoms with E-state index in [4.69, 9.17) is 22.4 Å². The monoisotopic (exact) mass is 356 g/mol. The molecular weight excluding hydrogens is 344 g/mol. The number of nitrogens with one attached hydrogen (secondary N) is 1. The zero-order chi connectivity index (χ0) is 13.9. The molecule has 1 aromatic rings. The molecule has 0 radical (unpaired) electrons. The Hall–Kier alpha value is -0.340. The number of anilines is 1. The molecule has 0 heterocycles. The molecule has 0 spiro atoms. The molecule has 1 rings (SSSR count). The lowest BCUT2D eigenvalue weighted by molar-refractivity contribution is 0.254. The summed E-state index contributed by atoms with van der Waals surface area (Å²) >= 11 is 9.07. The van der Waals surface area contributed by atoms with Gasteiger partial charge in [0.05, 0.1) is 11.6 Å². The quantitative estimate of drug-likeness (QED) is 0.700. The van der Waals surface area contributed by atoms with Crippen LogP contribution in [0.4, 0.5) is 5.69 Å². The smallest absolute Gasteiger partial charge is 0.242 e. The maximum absolute atomic E-state index is 12.1. The van der Waals surface area contributed by atoms with E-state index in [1.807, 2.05) is 0 Å². The predicted molar refractivity (Wildman–Crippen MR) is 75.1 cm³/mol. The Balaban J connectivity index is 3.20. The first-order chi connectivity index (χ1) is 8.31. The molecule has 0 saturated carbocycles. The Bertz CT molecular complexity index is 532. The Morgan fingerprint density at radius 2 is 2.17 bits per heavy atom. The maximum Gasteiger partial charge on any atom is 0.242 e. The Morgan fingerprint density at radius 1 is 1.56 bits per heavy atom. The number of hydrogen-bond acceptors (Lipinski definition) is 4. The zero-order valence-electron chi connectivity index (χ0n) is 9.65. The second-order valence-electron chi connectivity index (χ2n) is 3.72. The number of halogens is 2. The topological polar surface area (TPSA) is 92.4 Å². The van der Waals surface area contributed by atoms with Gasteiger partial charge >= 0.3 is 0 Å². The second kappa shape index (κ2) is 6.21. The van der Waals surface area contributed by atoms with Gasteiger partial charge in [0.1, 0.15) is 4.90 Å². The van der Waals surface area contributed by atoms with E-state index in [2.05, 4.69) is 20.7 Å². The lowest BCUT2D eigenvalue weighted by atomic mass is 10.3. The first kappa shape index (κ1) is 15.7. The fourth-order valence-corrected chi connectivity index (χ4v) is 3.78. The van der Waals surface area contributed by atoms with Crippen molar-refractivity contribution in [2.24, 2.45) is 0 Å². The first-order valence-electron chi connectivity index (χ1n) is 5.19. The number of sulfonamides is 1. The molecule has 0 amide bonds. The minimum atomic E-state index is -3.81. The van der Waals surface area contributed by atoms with Crippen LogP contribution in [0.1, 0.15) is 13.3 Å². The minimum absolute atomic E-state index is 0.0597. The molecule has 0 fully saturated rings. The summed E-state index contributed by atoms with van der Waals surface area (Å²) in [5.41, 5.74) is 5.87. The minimum Gasteiger partial charge on any atom is -0.399 e. The van der Waals surface area contributed by atoms with Gasteiger partial charge in [0.25, 0.3) is 0 Å². The summed E-state index contributed by atoms with van der Waals surface area (Å²) in [6, 6.07) is 2.25. The van der Waals surface area contributed by atoms with Gasteiger partial charge in [-0.1, -0.05) is 18.5 Å². The van der Waals surface area contributed by atoms with Crippen molar-refractivity contribution in [2.45, 2.75) is 24.3 Å². The van der Waals surface area contributed by atoms with Crippen LogP contribution in [0.5, 0.6) is 0 Å². The van der Waals surface area contributed by atoms with Crippen LogP contribution >= 0.6 is 27.5 Å². The molecular formula is C10H14BrClN2O3S. The summed E-state index contributed by atoms with van der Waals surface area (Å²) < 4.78 is 27.0. The van der Waals surface area contributed by atoms with Crippen molar-refractivity contribution in [3.8, 4) is 0 Å². The highest BCUT2D eigenvalue weighted by Crippen LogP contribution is 2.32. The first-order valence-corrected chi connectivity index (χ1v) is 7.85. The molecule has 4 N–H and O–H groups in total. The molecule has 102 valence electrons. The number of hydrogen-bond donors (Lipinski definition) is 3. The molecule has 1 aromatic carbocycles. The van der Waals surface area contributed by atoms with Crippen molar-refractivity contribution >= 4 is 43.2 Å². The summed E-state index contributed by atoms with van der Waals surface area (Å²) in [5, 5.41) is 9.08. The van der Waals surface area contributed by atoms with Gasteiger partial charge in [0, 0.05) is 16.2 Å². The van der Waals surface area contributed by atoms with Crippen molar-refractivity contribution < 1.29 is 13.5 Å². The fourth-order valence-electron chi connectivity index (χ4n) is 1.31. The van der Waals surface area contributed by atoms with Crippen molar-refractivity contribution in [2.75, 3.05) is 12.3 Å². The molecule has 5 nitrogen and oxygen atoms in total. The van der Waals surface area contributed by atoms with Crippen LogP contribution in [0.25, 0.3) is 0 Å². The van der Waals surface area contributed by atoms with Crippen molar-refractivity contribution in [1.29, 1.82) is 0 Å². The Morgan fingerprint density at radius 3 is 2.67 bits per heavy atom. The highest BCUT2D eigenvalue weighted by Gasteiger charge is 2.23. The largest absolute Gasteiger partial charge is 0.399 e. The van der Waals surface area contributed by atoms with Crippen LogP contribution in [0.15, 0.2) is 21.5 Å². The lowest BCUT2D eigenvalue weighted by Crippen LogP contribution is -2.37. The van der Waals surface area contributed by atoms with Gasteiger partial charge in [-0.15, -0.1) is 0 Å². The standard InChI is InChI=1S/C10H14BrClN2O3S/c1-2-7(5-15)14-18(16,17)9-4-6(13)3-8(11)10(9)12/h3-4,7,14-15H,2,5,13H2,1H3/t7-/m0/s1. The van der Waals surface area contributed by atoms with E-state index < -0.39 is 16.1 Å². The number of benzene rings is 1. The molecule has 0 aliphatic rings. The van der Waals surface area contributed by atoms with Crippen LogP contribution in [0.3, 0.4) is 0 Å². The molecule has 8 heteroatoms. The molecule has 0 unspecified atom stereocenters. The zero-order valence-corrected chi connectivity index (χ0v) is 12.8. The fraction of sp³-hybridized carbons (Fsp3) is 0.400. The number of aliphatic hydroxyl groups is 1. The predicted octanol–water partition coefficient (Wildman–Crippen LogP) is 1.73. The van der Waals surface area contributed by atoms with Crippen LogP contribution in [-0.4, -0.2) is 26.2 Å². The third-order valence-corrected chi connectivity index (χ3v) is 5.26. The normalized spacial score (nSPS) is 13.6. The molecule has 18 heavy (non-hydrogen) atoms. The molecule has 0 bridgehead atoms. The van der Waals surface area contributed by atoms with Crippen LogP contribution in [0.2, 0.25) is 5.02 Å². The number of rotatable bonds is 5. The van der Waals surface area contributed by atoms with E-state index >= 15 is 0 Å². The summed E-state index contributed by atoms with van der Waals surface area (Å²) in [5.74, 6) is 0. The molecule has 1 atom stereocenters. The molecule has 0 aromatic heterocycles.